The molecule has 0 amide bonds. The third-order valence-electron chi connectivity index (χ3n) is 4.43. The number of hydrogen-bond donors (Lipinski definition) is 1. The van der Waals surface area contributed by atoms with Crippen LogP contribution in [0.4, 0.5) is 5.82 Å². The van der Waals surface area contributed by atoms with E-state index in [2.05, 4.69) is 49.2 Å². The number of hydrogen-bond acceptors (Lipinski definition) is 5. The molecule has 1 aliphatic carbocycles. The van der Waals surface area contributed by atoms with Crippen molar-refractivity contribution in [3.05, 3.63) is 53.7 Å². The lowest BCUT2D eigenvalue weighted by Crippen LogP contribution is -2.05. The first-order valence-electron chi connectivity index (χ1n) is 8.18. The minimum absolute atomic E-state index is 0.518. The van der Waals surface area contributed by atoms with Gasteiger partial charge in [0.1, 0.15) is 11.5 Å². The van der Waals surface area contributed by atoms with Gasteiger partial charge < -0.3 is 9.72 Å². The Bertz CT molecular complexity index is 1040. The molecule has 0 bridgehead atoms. The van der Waals surface area contributed by atoms with Crippen LogP contribution in [0.25, 0.3) is 11.3 Å². The number of nitrogens with zero attached hydrogens (tertiary/aromatic N) is 6. The van der Waals surface area contributed by atoms with E-state index in [1.165, 1.54) is 18.5 Å². The molecule has 1 saturated carbocycles. The van der Waals surface area contributed by atoms with Gasteiger partial charge in [0, 0.05) is 17.8 Å². The number of aromatic nitrogens is 6. The summed E-state index contributed by atoms with van der Waals surface area (Å²) in [6.07, 6.45) is 4.42. The third-order valence-corrected chi connectivity index (χ3v) is 4.43. The van der Waals surface area contributed by atoms with Crippen LogP contribution in [0.2, 0.25) is 0 Å². The van der Waals surface area contributed by atoms with Crippen LogP contribution in [-0.2, 0) is 6.54 Å². The van der Waals surface area contributed by atoms with Gasteiger partial charge in [0.25, 0.3) is 0 Å². The van der Waals surface area contributed by atoms with E-state index in [0.717, 1.165) is 28.6 Å². The summed E-state index contributed by atoms with van der Waals surface area (Å²) in [6.45, 7) is 2.70. The molecule has 24 heavy (non-hydrogen) atoms. The molecule has 1 N–H and O–H groups in total. The maximum absolute atomic E-state index is 4.64. The highest BCUT2D eigenvalue weighted by Crippen LogP contribution is 2.38. The summed E-state index contributed by atoms with van der Waals surface area (Å²) in [6, 6.07) is 9.99. The molecule has 1 aliphatic rings. The van der Waals surface area contributed by atoms with Gasteiger partial charge in [0.05, 0.1) is 12.2 Å². The highest BCUT2D eigenvalue weighted by Gasteiger charge is 2.29. The van der Waals surface area contributed by atoms with Crippen molar-refractivity contribution in [2.75, 3.05) is 5.32 Å². The van der Waals surface area contributed by atoms with Gasteiger partial charge in [-0.05, 0) is 44.0 Å². The van der Waals surface area contributed by atoms with Gasteiger partial charge in [-0.1, -0.05) is 6.07 Å². The smallest absolute Gasteiger partial charge is 0.178 e. The molecule has 0 aromatic carbocycles. The normalized spacial score (nSPS) is 14.5. The fourth-order valence-corrected chi connectivity index (χ4v) is 2.96. The zero-order valence-corrected chi connectivity index (χ0v) is 13.3. The molecule has 0 aliphatic heterocycles. The molecule has 5 rings (SSSR count). The second-order valence-electron chi connectivity index (χ2n) is 6.30. The second-order valence-corrected chi connectivity index (χ2v) is 6.30. The lowest BCUT2D eigenvalue weighted by molar-refractivity contribution is 0.813. The van der Waals surface area contributed by atoms with Crippen LogP contribution in [0.5, 0.6) is 0 Å². The molecular weight excluding hydrogens is 302 g/mol. The molecule has 0 radical (unpaired) electrons. The van der Waals surface area contributed by atoms with Gasteiger partial charge in [-0.15, -0.1) is 15.3 Å². The number of rotatable bonds is 4. The molecular formula is C17H17N7. The van der Waals surface area contributed by atoms with Crippen LogP contribution in [0, 0.1) is 6.92 Å². The number of pyridine rings is 1. The number of nitrogens with one attached hydrogen (secondary N) is 1. The van der Waals surface area contributed by atoms with Crippen molar-refractivity contribution in [1.29, 1.82) is 0 Å². The molecule has 0 saturated heterocycles. The molecule has 4 aromatic heterocycles. The predicted octanol–water partition coefficient (Wildman–Crippen LogP) is 2.57. The van der Waals surface area contributed by atoms with Crippen molar-refractivity contribution in [1.82, 2.24) is 29.2 Å². The predicted molar refractivity (Wildman–Crippen MR) is 90.0 cm³/mol. The van der Waals surface area contributed by atoms with Crippen LogP contribution in [0.3, 0.4) is 0 Å². The maximum Gasteiger partial charge on any atom is 0.178 e. The van der Waals surface area contributed by atoms with Crippen molar-refractivity contribution >= 4 is 17.1 Å². The van der Waals surface area contributed by atoms with Gasteiger partial charge >= 0.3 is 0 Å². The lowest BCUT2D eigenvalue weighted by Gasteiger charge is -2.04. The summed E-state index contributed by atoms with van der Waals surface area (Å²) in [5.74, 6) is 2.29. The van der Waals surface area contributed by atoms with Crippen LogP contribution >= 0.6 is 0 Å². The van der Waals surface area contributed by atoms with E-state index < -0.39 is 0 Å². The van der Waals surface area contributed by atoms with Gasteiger partial charge in [-0.25, -0.2) is 4.98 Å². The van der Waals surface area contributed by atoms with Crippen LogP contribution < -0.4 is 5.32 Å². The molecule has 7 nitrogen and oxygen atoms in total. The molecule has 1 fully saturated rings. The summed E-state index contributed by atoms with van der Waals surface area (Å²) >= 11 is 0. The standard InChI is InChI=1S/C17H17N7/c1-11-3-2-4-15-19-13(10-23(11)15)9-18-14-7-8-16-20-21-17(12-5-6-12)24(16)22-14/h2-4,7-8,10,12H,5-6,9H2,1H3,(H,18,22). The lowest BCUT2D eigenvalue weighted by atomic mass is 10.4. The fraction of sp³-hybridized carbons (Fsp3) is 0.294. The molecule has 0 atom stereocenters. The Kier molecular flexibility index (Phi) is 2.82. The monoisotopic (exact) mass is 319 g/mol. The van der Waals surface area contributed by atoms with E-state index in [1.807, 2.05) is 28.8 Å². The molecule has 0 spiro atoms. The SMILES string of the molecule is Cc1cccc2nc(CNc3ccc4nnc(C5CC5)n4n3)cn12. The Morgan fingerprint density at radius 2 is 2.04 bits per heavy atom. The Morgan fingerprint density at radius 1 is 1.12 bits per heavy atom. The van der Waals surface area contributed by atoms with E-state index in [1.54, 1.807) is 0 Å². The highest BCUT2D eigenvalue weighted by molar-refractivity contribution is 5.46. The highest BCUT2D eigenvalue weighted by atomic mass is 15.4. The van der Waals surface area contributed by atoms with Crippen LogP contribution in [0.1, 0.15) is 36.0 Å². The Balaban J connectivity index is 1.41. The number of aryl methyl sites for hydroxylation is 1. The third kappa shape index (κ3) is 2.20. The number of fused-ring (bicyclic) bond motifs is 2. The zero-order valence-electron chi connectivity index (χ0n) is 13.3. The van der Waals surface area contributed by atoms with Crippen LogP contribution in [-0.4, -0.2) is 29.2 Å². The van der Waals surface area contributed by atoms with E-state index >= 15 is 0 Å². The average Bonchev–Trinajstić information content (AvgIpc) is 3.20. The van der Waals surface area contributed by atoms with Crippen LogP contribution in [0.15, 0.2) is 36.5 Å². The molecule has 4 aromatic rings. The summed E-state index contributed by atoms with van der Waals surface area (Å²) < 4.78 is 3.95. The Labute approximate surface area is 138 Å². The average molecular weight is 319 g/mol. The molecule has 4 heterocycles. The van der Waals surface area contributed by atoms with Crippen molar-refractivity contribution < 1.29 is 0 Å². The minimum atomic E-state index is 0.518. The Hall–Kier alpha value is -2.96. The number of anilines is 1. The zero-order chi connectivity index (χ0) is 16.1. The van der Waals surface area contributed by atoms with E-state index in [9.17, 15) is 0 Å². The molecule has 120 valence electrons. The Morgan fingerprint density at radius 3 is 2.88 bits per heavy atom. The van der Waals surface area contributed by atoms with Gasteiger partial charge in [0.15, 0.2) is 11.5 Å². The van der Waals surface area contributed by atoms with E-state index in [4.69, 9.17) is 0 Å². The second kappa shape index (κ2) is 5.02. The summed E-state index contributed by atoms with van der Waals surface area (Å²) in [5, 5.41) is 16.4. The van der Waals surface area contributed by atoms with Crippen molar-refractivity contribution in [3.63, 3.8) is 0 Å². The van der Waals surface area contributed by atoms with Crippen molar-refractivity contribution in [3.8, 4) is 0 Å². The summed E-state index contributed by atoms with van der Waals surface area (Å²) in [7, 11) is 0. The first kappa shape index (κ1) is 13.5. The molecule has 0 unspecified atom stereocenters. The van der Waals surface area contributed by atoms with Gasteiger partial charge in [-0.3, -0.25) is 0 Å². The fourth-order valence-electron chi connectivity index (χ4n) is 2.96. The van der Waals surface area contributed by atoms with Gasteiger partial charge in [0.2, 0.25) is 0 Å². The number of imidazole rings is 1. The maximum atomic E-state index is 4.64. The summed E-state index contributed by atoms with van der Waals surface area (Å²) in [4.78, 5) is 4.64. The topological polar surface area (TPSA) is 72.4 Å². The minimum Gasteiger partial charge on any atom is -0.363 e. The quantitative estimate of drug-likeness (QED) is 0.626. The van der Waals surface area contributed by atoms with Crippen molar-refractivity contribution in [2.45, 2.75) is 32.2 Å². The van der Waals surface area contributed by atoms with E-state index in [0.29, 0.717) is 12.5 Å². The first-order chi connectivity index (χ1) is 11.8. The largest absolute Gasteiger partial charge is 0.363 e. The first-order valence-corrected chi connectivity index (χ1v) is 8.18. The van der Waals surface area contributed by atoms with E-state index in [-0.39, 0.29) is 0 Å². The summed E-state index contributed by atoms with van der Waals surface area (Å²) in [5.41, 5.74) is 3.91. The van der Waals surface area contributed by atoms with Gasteiger partial charge in [-0.2, -0.15) is 4.52 Å². The molecule has 7 heteroatoms. The van der Waals surface area contributed by atoms with Crippen molar-refractivity contribution in [2.24, 2.45) is 0 Å².